The molecular formula is C30H36Cl2O4. The second-order valence-electron chi connectivity index (χ2n) is 10.5. The zero-order valence-corrected chi connectivity index (χ0v) is 22.7. The lowest BCUT2D eigenvalue weighted by molar-refractivity contribution is -0.139. The summed E-state index contributed by atoms with van der Waals surface area (Å²) in [5.74, 6) is 0.493. The highest BCUT2D eigenvalue weighted by Crippen LogP contribution is 2.50. The first-order valence-electron chi connectivity index (χ1n) is 12.9. The van der Waals surface area contributed by atoms with Gasteiger partial charge in [0.25, 0.3) is 0 Å². The maximum Gasteiger partial charge on any atom is 0.341 e. The minimum Gasteiger partial charge on any atom is -0.482 e. The first-order chi connectivity index (χ1) is 17.2. The highest BCUT2D eigenvalue weighted by atomic mass is 35.5. The van der Waals surface area contributed by atoms with Gasteiger partial charge in [0.1, 0.15) is 5.75 Å². The van der Waals surface area contributed by atoms with Gasteiger partial charge in [-0.15, -0.1) is 0 Å². The van der Waals surface area contributed by atoms with Crippen LogP contribution in [-0.2, 0) is 9.53 Å². The van der Waals surface area contributed by atoms with Crippen molar-refractivity contribution in [3.63, 3.8) is 0 Å². The van der Waals surface area contributed by atoms with Gasteiger partial charge in [-0.05, 0) is 74.4 Å². The lowest BCUT2D eigenvalue weighted by Crippen LogP contribution is -2.36. The van der Waals surface area contributed by atoms with Crippen LogP contribution in [0.4, 0.5) is 0 Å². The average molecular weight is 532 g/mol. The minimum absolute atomic E-state index is 0.0137. The quantitative estimate of drug-likeness (QED) is 0.330. The Balaban J connectivity index is 1.69. The first-order valence-corrected chi connectivity index (χ1v) is 13.7. The normalized spacial score (nSPS) is 24.6. The molecule has 0 bridgehead atoms. The van der Waals surface area contributed by atoms with Gasteiger partial charge < -0.3 is 14.6 Å². The largest absolute Gasteiger partial charge is 0.482 e. The molecule has 4 nitrogen and oxygen atoms in total. The molecule has 1 aliphatic carbocycles. The molecule has 1 saturated heterocycles. The van der Waals surface area contributed by atoms with Crippen molar-refractivity contribution in [3.05, 3.63) is 75.3 Å². The van der Waals surface area contributed by atoms with E-state index < -0.39 is 12.6 Å². The number of aliphatic carboxylic acids is 1. The summed E-state index contributed by atoms with van der Waals surface area (Å²) < 4.78 is 12.7. The first kappa shape index (κ1) is 27.0. The van der Waals surface area contributed by atoms with Crippen molar-refractivity contribution in [3.8, 4) is 5.75 Å². The second kappa shape index (κ2) is 12.0. The molecule has 0 radical (unpaired) electrons. The Hall–Kier alpha value is -2.01. The van der Waals surface area contributed by atoms with Crippen LogP contribution in [0.1, 0.15) is 80.6 Å². The van der Waals surface area contributed by atoms with Crippen molar-refractivity contribution in [1.29, 1.82) is 0 Å². The number of benzene rings is 2. The number of carbonyl (C=O) groups is 1. The Labute approximate surface area is 224 Å². The van der Waals surface area contributed by atoms with Gasteiger partial charge in [-0.25, -0.2) is 4.79 Å². The number of rotatable bonds is 9. The van der Waals surface area contributed by atoms with Gasteiger partial charge in [-0.1, -0.05) is 73.2 Å². The number of halogens is 2. The van der Waals surface area contributed by atoms with Crippen LogP contribution in [0.5, 0.6) is 5.75 Å². The molecule has 1 heterocycles. The molecule has 194 valence electrons. The molecule has 0 spiro atoms. The summed E-state index contributed by atoms with van der Waals surface area (Å²) in [4.78, 5) is 11.3. The van der Waals surface area contributed by atoms with Crippen LogP contribution >= 0.6 is 23.2 Å². The molecule has 0 unspecified atom stereocenters. The summed E-state index contributed by atoms with van der Waals surface area (Å²) in [6.07, 6.45) is 7.95. The van der Waals surface area contributed by atoms with Crippen LogP contribution in [-0.4, -0.2) is 23.8 Å². The Morgan fingerprint density at radius 1 is 1.14 bits per heavy atom. The topological polar surface area (TPSA) is 55.8 Å². The summed E-state index contributed by atoms with van der Waals surface area (Å²) in [7, 11) is 0. The van der Waals surface area contributed by atoms with Gasteiger partial charge in [-0.2, -0.15) is 0 Å². The van der Waals surface area contributed by atoms with Crippen molar-refractivity contribution < 1.29 is 19.4 Å². The maximum atomic E-state index is 11.3. The minimum atomic E-state index is -1.02. The third kappa shape index (κ3) is 6.45. The van der Waals surface area contributed by atoms with E-state index in [9.17, 15) is 9.90 Å². The maximum absolute atomic E-state index is 11.3. The van der Waals surface area contributed by atoms with Crippen LogP contribution in [0.15, 0.2) is 48.6 Å². The fourth-order valence-electron chi connectivity index (χ4n) is 5.86. The van der Waals surface area contributed by atoms with Gasteiger partial charge >= 0.3 is 5.97 Å². The Kier molecular flexibility index (Phi) is 9.03. The van der Waals surface area contributed by atoms with E-state index in [1.807, 2.05) is 38.1 Å². The lowest BCUT2D eigenvalue weighted by Gasteiger charge is -2.43. The molecule has 2 fully saturated rings. The predicted molar refractivity (Wildman–Crippen MR) is 145 cm³/mol. The van der Waals surface area contributed by atoms with Gasteiger partial charge in [0.2, 0.25) is 0 Å². The third-order valence-corrected chi connectivity index (χ3v) is 8.52. The second-order valence-corrected chi connectivity index (χ2v) is 11.3. The van der Waals surface area contributed by atoms with Crippen LogP contribution in [0, 0.1) is 18.8 Å². The third-order valence-electron chi connectivity index (χ3n) is 7.86. The fraction of sp³-hybridized carbons (Fsp3) is 0.500. The van der Waals surface area contributed by atoms with Gasteiger partial charge in [0.15, 0.2) is 6.61 Å². The molecule has 4 atom stereocenters. The summed E-state index contributed by atoms with van der Waals surface area (Å²) in [5.41, 5.74) is 3.87. The zero-order chi connectivity index (χ0) is 25.8. The summed E-state index contributed by atoms with van der Waals surface area (Å²) >= 11 is 12.8. The van der Waals surface area contributed by atoms with E-state index >= 15 is 0 Å². The van der Waals surface area contributed by atoms with Crippen molar-refractivity contribution in [2.24, 2.45) is 11.8 Å². The molecule has 0 aromatic heterocycles. The molecule has 4 rings (SSSR count). The average Bonchev–Trinajstić information content (AvgIpc) is 3.37. The molecule has 2 aromatic rings. The summed E-state index contributed by atoms with van der Waals surface area (Å²) in [5, 5.41) is 10.6. The van der Waals surface area contributed by atoms with E-state index in [0.717, 1.165) is 46.9 Å². The van der Waals surface area contributed by atoms with Crippen LogP contribution in [0.2, 0.25) is 10.0 Å². The number of carboxylic acid groups (broad SMARTS) is 1. The number of aryl methyl sites for hydroxylation is 1. The number of hydrogen-bond donors (Lipinski definition) is 1. The van der Waals surface area contributed by atoms with E-state index in [1.54, 1.807) is 0 Å². The lowest BCUT2D eigenvalue weighted by atomic mass is 9.74. The highest BCUT2D eigenvalue weighted by molar-refractivity contribution is 6.31. The summed E-state index contributed by atoms with van der Waals surface area (Å²) in [6.45, 7) is 7.81. The fourth-order valence-corrected chi connectivity index (χ4v) is 6.16. The van der Waals surface area contributed by atoms with E-state index in [4.69, 9.17) is 32.7 Å². The molecular weight excluding hydrogens is 495 g/mol. The van der Waals surface area contributed by atoms with Crippen molar-refractivity contribution in [1.82, 2.24) is 0 Å². The Bertz CT molecular complexity index is 1080. The van der Waals surface area contributed by atoms with E-state index in [-0.39, 0.29) is 24.0 Å². The van der Waals surface area contributed by atoms with Crippen LogP contribution in [0.3, 0.4) is 0 Å². The SMILES string of the molecule is C=C(C)[C@H]1C[C@H](c2ccc(Cl)cc2)[C@@H](CCC2CCCC2)O[C@@H]1c1cc(Cl)c(C)cc1OCC(=O)O. The monoisotopic (exact) mass is 530 g/mol. The Morgan fingerprint density at radius 2 is 1.83 bits per heavy atom. The summed E-state index contributed by atoms with van der Waals surface area (Å²) in [6, 6.07) is 11.8. The predicted octanol–water partition coefficient (Wildman–Crippen LogP) is 8.54. The standard InChI is InChI=1S/C30H36Cl2O4/c1-18(2)23-15-24(21-9-11-22(31)12-10-21)27(13-8-20-6-4-5-7-20)36-30(23)25-16-26(32)19(3)14-28(25)35-17-29(33)34/h9-12,14,16,20,23-24,27,30H,1,4-8,13,15,17H2,2-3H3,(H,33,34)/t23-,24-,27-,30+/m1/s1. The zero-order valence-electron chi connectivity index (χ0n) is 21.1. The number of hydrogen-bond acceptors (Lipinski definition) is 3. The Morgan fingerprint density at radius 3 is 2.47 bits per heavy atom. The van der Waals surface area contributed by atoms with E-state index in [1.165, 1.54) is 31.2 Å². The van der Waals surface area contributed by atoms with Gasteiger partial charge in [-0.3, -0.25) is 0 Å². The number of ether oxygens (including phenoxy) is 2. The van der Waals surface area contributed by atoms with Gasteiger partial charge in [0.05, 0.1) is 12.2 Å². The molecule has 0 amide bonds. The van der Waals surface area contributed by atoms with Crippen molar-refractivity contribution in [2.45, 2.75) is 76.9 Å². The van der Waals surface area contributed by atoms with E-state index in [2.05, 4.69) is 18.7 Å². The molecule has 1 N–H and O–H groups in total. The van der Waals surface area contributed by atoms with Crippen molar-refractivity contribution in [2.75, 3.05) is 6.61 Å². The van der Waals surface area contributed by atoms with Crippen LogP contribution < -0.4 is 4.74 Å². The number of carboxylic acids is 1. The van der Waals surface area contributed by atoms with Crippen LogP contribution in [0.25, 0.3) is 0 Å². The van der Waals surface area contributed by atoms with E-state index in [0.29, 0.717) is 10.8 Å². The van der Waals surface area contributed by atoms with Gasteiger partial charge in [0, 0.05) is 27.4 Å². The smallest absolute Gasteiger partial charge is 0.341 e. The van der Waals surface area contributed by atoms with Crippen molar-refractivity contribution >= 4 is 29.2 Å². The molecule has 2 aliphatic rings. The molecule has 1 aliphatic heterocycles. The molecule has 1 saturated carbocycles. The molecule has 6 heteroatoms. The molecule has 36 heavy (non-hydrogen) atoms. The molecule has 2 aromatic carbocycles. The highest BCUT2D eigenvalue weighted by Gasteiger charge is 2.41.